The molecule has 0 fully saturated rings. The summed E-state index contributed by atoms with van der Waals surface area (Å²) < 4.78 is 26.4. The Morgan fingerprint density at radius 1 is 1.24 bits per heavy atom. The van der Waals surface area contributed by atoms with Crippen LogP contribution in [0.1, 0.15) is 24.3 Å². The molecule has 4 rings (SSSR count). The van der Waals surface area contributed by atoms with Crippen molar-refractivity contribution in [2.24, 2.45) is 0 Å². The number of pyridine rings is 1. The number of aromatic amines is 1. The number of nitrogens with one attached hydrogen (secondary N) is 3. The molecule has 0 aliphatic heterocycles. The molecule has 0 spiro atoms. The summed E-state index contributed by atoms with van der Waals surface area (Å²) in [5.41, 5.74) is 3.06. The number of alkyl halides is 2. The molecule has 0 saturated carbocycles. The van der Waals surface area contributed by atoms with Crippen molar-refractivity contribution >= 4 is 28.5 Å². The lowest BCUT2D eigenvalue weighted by atomic mass is 10.1. The second-order valence-corrected chi connectivity index (χ2v) is 6.85. The average molecular weight is 399 g/mol. The van der Waals surface area contributed by atoms with Crippen molar-refractivity contribution < 1.29 is 13.6 Å². The molecule has 4 heterocycles. The van der Waals surface area contributed by atoms with E-state index in [4.69, 9.17) is 0 Å². The third-order valence-electron chi connectivity index (χ3n) is 4.32. The zero-order chi connectivity index (χ0) is 20.5. The lowest BCUT2D eigenvalue weighted by molar-refractivity contribution is 0.0886. The summed E-state index contributed by atoms with van der Waals surface area (Å²) in [7, 11) is 0. The highest BCUT2D eigenvalue weighted by Crippen LogP contribution is 2.28. The summed E-state index contributed by atoms with van der Waals surface area (Å²) in [5, 5.41) is 6.18. The normalized spacial score (nSPS) is 11.7. The van der Waals surface area contributed by atoms with Gasteiger partial charge < -0.3 is 15.6 Å². The van der Waals surface area contributed by atoms with Crippen LogP contribution in [0, 0.1) is 0 Å². The van der Waals surface area contributed by atoms with Gasteiger partial charge in [-0.1, -0.05) is 0 Å². The maximum atomic E-state index is 12.4. The Balaban J connectivity index is 1.71. The zero-order valence-electron chi connectivity index (χ0n) is 15.8. The molecule has 4 aromatic heterocycles. The number of hydrogen-bond acceptors (Lipinski definition) is 5. The van der Waals surface area contributed by atoms with Crippen LogP contribution in [0.25, 0.3) is 27.8 Å². The van der Waals surface area contributed by atoms with Gasteiger partial charge in [-0.3, -0.25) is 9.20 Å². The number of H-pyrrole nitrogens is 1. The highest BCUT2D eigenvalue weighted by molar-refractivity contribution is 5.95. The van der Waals surface area contributed by atoms with Gasteiger partial charge in [-0.2, -0.15) is 4.98 Å². The summed E-state index contributed by atoms with van der Waals surface area (Å²) in [6, 6.07) is 3.83. The van der Waals surface area contributed by atoms with E-state index in [0.717, 1.165) is 16.5 Å². The van der Waals surface area contributed by atoms with E-state index in [0.29, 0.717) is 17.2 Å². The third-order valence-corrected chi connectivity index (χ3v) is 4.32. The van der Waals surface area contributed by atoms with Crippen LogP contribution in [0.3, 0.4) is 0 Å². The summed E-state index contributed by atoms with van der Waals surface area (Å²) in [5.74, 6) is -0.0782. The Labute approximate surface area is 164 Å². The summed E-state index contributed by atoms with van der Waals surface area (Å²) in [6.45, 7) is 3.30. The molecule has 8 nitrogen and oxygen atoms in total. The number of fused-ring (bicyclic) bond motifs is 2. The van der Waals surface area contributed by atoms with Crippen molar-refractivity contribution in [3.8, 4) is 11.1 Å². The van der Waals surface area contributed by atoms with Crippen molar-refractivity contribution in [3.63, 3.8) is 0 Å². The minimum Gasteiger partial charge on any atom is -0.352 e. The Kier molecular flexibility index (Phi) is 4.83. The first-order valence-electron chi connectivity index (χ1n) is 9.07. The fraction of sp³-hybridized carbons (Fsp3) is 0.263. The monoisotopic (exact) mass is 399 g/mol. The maximum absolute atomic E-state index is 12.4. The van der Waals surface area contributed by atoms with Crippen LogP contribution < -0.4 is 10.6 Å². The number of rotatable bonds is 6. The summed E-state index contributed by atoms with van der Waals surface area (Å²) in [6.07, 6.45) is 4.03. The minimum atomic E-state index is -2.62. The molecule has 0 radical (unpaired) electrons. The SMILES string of the molecule is CC(C)Nc1ncc2c(-c3ccc4ncc(C(=O)NCC(F)F)n4c3)c[nH]c2n1. The second kappa shape index (κ2) is 7.46. The average Bonchev–Trinajstić information content (AvgIpc) is 3.28. The fourth-order valence-corrected chi connectivity index (χ4v) is 3.04. The smallest absolute Gasteiger partial charge is 0.270 e. The van der Waals surface area contributed by atoms with Crippen LogP contribution in [0.4, 0.5) is 14.7 Å². The van der Waals surface area contributed by atoms with Gasteiger partial charge in [0, 0.05) is 41.1 Å². The Hall–Kier alpha value is -3.56. The molecule has 0 aromatic carbocycles. The van der Waals surface area contributed by atoms with Crippen LogP contribution in [-0.4, -0.2) is 49.3 Å². The number of anilines is 1. The predicted octanol–water partition coefficient (Wildman–Crippen LogP) is 3.09. The number of carbonyl (C=O) groups is 1. The highest BCUT2D eigenvalue weighted by Gasteiger charge is 2.16. The largest absolute Gasteiger partial charge is 0.352 e. The first kappa shape index (κ1) is 18.8. The molecule has 0 aliphatic rings. The Morgan fingerprint density at radius 2 is 2.07 bits per heavy atom. The molecule has 3 N–H and O–H groups in total. The molecule has 1 amide bonds. The molecular formula is C19H19F2N7O. The number of aromatic nitrogens is 5. The van der Waals surface area contributed by atoms with Crippen molar-refractivity contribution in [3.05, 3.63) is 42.6 Å². The maximum Gasteiger partial charge on any atom is 0.270 e. The first-order valence-corrected chi connectivity index (χ1v) is 9.07. The standard InChI is InChI=1S/C19H19F2N7O/c1-10(2)26-19-25-6-13-12(5-23-17(13)27-19)11-3-4-16-22-7-14(28(16)9-11)18(29)24-8-15(20)21/h3-7,9-10,15H,8H2,1-2H3,(H,24,29)(H2,23,25,26,27). The highest BCUT2D eigenvalue weighted by atomic mass is 19.3. The summed E-state index contributed by atoms with van der Waals surface area (Å²) in [4.78, 5) is 28.3. The quantitative estimate of drug-likeness (QED) is 0.463. The number of halogens is 2. The van der Waals surface area contributed by atoms with E-state index in [1.165, 1.54) is 6.20 Å². The van der Waals surface area contributed by atoms with Gasteiger partial charge in [0.15, 0.2) is 0 Å². The van der Waals surface area contributed by atoms with E-state index in [-0.39, 0.29) is 11.7 Å². The first-order chi connectivity index (χ1) is 13.9. The van der Waals surface area contributed by atoms with Crippen molar-refractivity contribution in [1.82, 2.24) is 29.7 Å². The molecule has 150 valence electrons. The van der Waals surface area contributed by atoms with Crippen molar-refractivity contribution in [2.45, 2.75) is 26.3 Å². The molecular weight excluding hydrogens is 380 g/mol. The van der Waals surface area contributed by atoms with E-state index >= 15 is 0 Å². The van der Waals surface area contributed by atoms with Crippen LogP contribution in [0.5, 0.6) is 0 Å². The van der Waals surface area contributed by atoms with Gasteiger partial charge in [-0.15, -0.1) is 0 Å². The van der Waals surface area contributed by atoms with E-state index in [9.17, 15) is 13.6 Å². The molecule has 0 aliphatic carbocycles. The molecule has 29 heavy (non-hydrogen) atoms. The van der Waals surface area contributed by atoms with Gasteiger partial charge in [0.2, 0.25) is 5.95 Å². The summed E-state index contributed by atoms with van der Waals surface area (Å²) >= 11 is 0. The molecule has 4 aromatic rings. The predicted molar refractivity (Wildman–Crippen MR) is 105 cm³/mol. The van der Waals surface area contributed by atoms with E-state index in [2.05, 4.69) is 30.6 Å². The van der Waals surface area contributed by atoms with Crippen molar-refractivity contribution in [2.75, 3.05) is 11.9 Å². The van der Waals surface area contributed by atoms with Gasteiger partial charge in [-0.25, -0.2) is 18.7 Å². The van der Waals surface area contributed by atoms with Crippen LogP contribution >= 0.6 is 0 Å². The van der Waals surface area contributed by atoms with Gasteiger partial charge in [0.05, 0.1) is 12.7 Å². The Morgan fingerprint density at radius 3 is 2.83 bits per heavy atom. The lowest BCUT2D eigenvalue weighted by Crippen LogP contribution is -2.29. The molecule has 0 bridgehead atoms. The van der Waals surface area contributed by atoms with E-state index < -0.39 is 18.9 Å². The fourth-order valence-electron chi connectivity index (χ4n) is 3.04. The van der Waals surface area contributed by atoms with Gasteiger partial charge in [0.25, 0.3) is 12.3 Å². The lowest BCUT2D eigenvalue weighted by Gasteiger charge is -2.08. The minimum absolute atomic E-state index is 0.182. The third kappa shape index (κ3) is 3.73. The van der Waals surface area contributed by atoms with Crippen molar-refractivity contribution in [1.29, 1.82) is 0 Å². The number of carbonyl (C=O) groups excluding carboxylic acids is 1. The van der Waals surface area contributed by atoms with Gasteiger partial charge in [0.1, 0.15) is 17.0 Å². The number of amides is 1. The van der Waals surface area contributed by atoms with Crippen LogP contribution in [0.2, 0.25) is 0 Å². The molecule has 0 saturated heterocycles. The molecule has 10 heteroatoms. The molecule has 0 atom stereocenters. The van der Waals surface area contributed by atoms with Crippen LogP contribution in [-0.2, 0) is 0 Å². The topological polar surface area (TPSA) is 100 Å². The van der Waals surface area contributed by atoms with E-state index in [1.807, 2.05) is 26.1 Å². The second-order valence-electron chi connectivity index (χ2n) is 6.85. The van der Waals surface area contributed by atoms with Gasteiger partial charge in [-0.05, 0) is 26.0 Å². The van der Waals surface area contributed by atoms with Crippen LogP contribution in [0.15, 0.2) is 36.9 Å². The number of nitrogens with zero attached hydrogens (tertiary/aromatic N) is 4. The number of hydrogen-bond donors (Lipinski definition) is 3. The zero-order valence-corrected chi connectivity index (χ0v) is 15.8. The van der Waals surface area contributed by atoms with E-state index in [1.54, 1.807) is 22.9 Å². The number of imidazole rings is 1. The Bertz CT molecular complexity index is 1180. The molecule has 0 unspecified atom stereocenters. The van der Waals surface area contributed by atoms with Gasteiger partial charge >= 0.3 is 0 Å².